The Hall–Kier alpha value is -1.47. The van der Waals surface area contributed by atoms with E-state index in [-0.39, 0.29) is 0 Å². The maximum absolute atomic E-state index is 13.3. The normalized spacial score (nSPS) is 17.6. The van der Waals surface area contributed by atoms with Crippen LogP contribution in [-0.2, 0) is 10.0 Å². The number of halogens is 1. The summed E-state index contributed by atoms with van der Waals surface area (Å²) in [6.07, 6.45) is 3.36. The van der Waals surface area contributed by atoms with Crippen LogP contribution >= 0.6 is 0 Å². The molecule has 110 valence electrons. The Bertz CT molecular complexity index is 607. The molecule has 1 aromatic rings. The Morgan fingerprint density at radius 1 is 1.15 bits per heavy atom. The highest BCUT2D eigenvalue weighted by atomic mass is 32.2. The van der Waals surface area contributed by atoms with Gasteiger partial charge in [-0.25, -0.2) is 17.6 Å². The molecular weight excluding hydrogens is 285 g/mol. The summed E-state index contributed by atoms with van der Waals surface area (Å²) in [6, 6.07) is 2.72. The van der Waals surface area contributed by atoms with Gasteiger partial charge in [-0.15, -0.1) is 0 Å². The number of carboxylic acid groups (broad SMARTS) is 1. The zero-order valence-corrected chi connectivity index (χ0v) is 11.7. The number of carboxylic acids is 1. The number of nitrogens with zero attached hydrogens (tertiary/aromatic N) is 1. The number of sulfonamides is 1. The van der Waals surface area contributed by atoms with Gasteiger partial charge < -0.3 is 5.11 Å². The molecule has 0 aliphatic carbocycles. The van der Waals surface area contributed by atoms with Crippen LogP contribution in [0.2, 0.25) is 0 Å². The predicted molar refractivity (Wildman–Crippen MR) is 70.6 cm³/mol. The highest BCUT2D eigenvalue weighted by Gasteiger charge is 2.29. The third-order valence-corrected chi connectivity index (χ3v) is 5.30. The Morgan fingerprint density at radius 3 is 2.30 bits per heavy atom. The molecule has 7 heteroatoms. The molecule has 1 aromatic carbocycles. The number of carbonyl (C=O) groups is 1. The van der Waals surface area contributed by atoms with Crippen LogP contribution in [-0.4, -0.2) is 36.9 Å². The molecule has 0 unspecified atom stereocenters. The van der Waals surface area contributed by atoms with Gasteiger partial charge in [0.1, 0.15) is 5.82 Å². The summed E-state index contributed by atoms with van der Waals surface area (Å²) in [4.78, 5) is 10.7. The fourth-order valence-corrected chi connectivity index (χ4v) is 4.02. The molecule has 2 rings (SSSR count). The van der Waals surface area contributed by atoms with Crippen molar-refractivity contribution in [2.24, 2.45) is 0 Å². The van der Waals surface area contributed by atoms with Crippen molar-refractivity contribution in [2.75, 3.05) is 13.1 Å². The van der Waals surface area contributed by atoms with Crippen LogP contribution in [0.4, 0.5) is 4.39 Å². The molecule has 1 saturated heterocycles. The van der Waals surface area contributed by atoms with E-state index in [0.29, 0.717) is 13.1 Å². The maximum Gasteiger partial charge on any atom is 0.337 e. The molecule has 0 saturated carbocycles. The quantitative estimate of drug-likeness (QED) is 0.927. The monoisotopic (exact) mass is 301 g/mol. The van der Waals surface area contributed by atoms with E-state index in [9.17, 15) is 17.6 Å². The molecular formula is C13H16FNO4S. The highest BCUT2D eigenvalue weighted by molar-refractivity contribution is 7.89. The van der Waals surface area contributed by atoms with E-state index in [0.717, 1.165) is 43.9 Å². The number of hydrogen-bond acceptors (Lipinski definition) is 3. The summed E-state index contributed by atoms with van der Waals surface area (Å²) in [5.74, 6) is -2.14. The minimum absolute atomic E-state index is 0.345. The molecule has 0 aromatic heterocycles. The van der Waals surface area contributed by atoms with E-state index in [1.54, 1.807) is 0 Å². The van der Waals surface area contributed by atoms with Crippen molar-refractivity contribution in [3.63, 3.8) is 0 Å². The van der Waals surface area contributed by atoms with E-state index >= 15 is 0 Å². The van der Waals surface area contributed by atoms with Gasteiger partial charge in [-0.05, 0) is 31.0 Å². The molecule has 20 heavy (non-hydrogen) atoms. The molecule has 0 radical (unpaired) electrons. The lowest BCUT2D eigenvalue weighted by Gasteiger charge is -2.20. The second-order valence-electron chi connectivity index (χ2n) is 4.76. The number of aromatic carboxylic acids is 1. The van der Waals surface area contributed by atoms with E-state index in [4.69, 9.17) is 5.11 Å². The number of rotatable bonds is 3. The first kappa shape index (κ1) is 14.9. The van der Waals surface area contributed by atoms with Crippen molar-refractivity contribution in [2.45, 2.75) is 30.6 Å². The lowest BCUT2D eigenvalue weighted by Crippen LogP contribution is -2.33. The van der Waals surface area contributed by atoms with Crippen LogP contribution in [0.1, 0.15) is 36.0 Å². The van der Waals surface area contributed by atoms with Crippen molar-refractivity contribution >= 4 is 16.0 Å². The van der Waals surface area contributed by atoms with Gasteiger partial charge in [0, 0.05) is 13.1 Å². The highest BCUT2D eigenvalue weighted by Crippen LogP contribution is 2.24. The molecule has 1 aliphatic rings. The minimum atomic E-state index is -3.97. The summed E-state index contributed by atoms with van der Waals surface area (Å²) in [5, 5.41) is 9.07. The second-order valence-corrected chi connectivity index (χ2v) is 6.67. The summed E-state index contributed by atoms with van der Waals surface area (Å²) in [7, 11) is -3.97. The lowest BCUT2D eigenvalue weighted by atomic mass is 10.2. The molecule has 5 nitrogen and oxygen atoms in total. The summed E-state index contributed by atoms with van der Waals surface area (Å²) in [5.41, 5.74) is -0.393. The third kappa shape index (κ3) is 2.99. The molecule has 0 spiro atoms. The fourth-order valence-electron chi connectivity index (χ4n) is 2.31. The van der Waals surface area contributed by atoms with Gasteiger partial charge in [-0.3, -0.25) is 0 Å². The molecule has 1 aliphatic heterocycles. The van der Waals surface area contributed by atoms with Crippen molar-refractivity contribution in [1.29, 1.82) is 0 Å². The van der Waals surface area contributed by atoms with E-state index in [1.165, 1.54) is 4.31 Å². The summed E-state index contributed by atoms with van der Waals surface area (Å²) >= 11 is 0. The van der Waals surface area contributed by atoms with Gasteiger partial charge in [-0.2, -0.15) is 4.31 Å². The number of hydrogen-bond donors (Lipinski definition) is 1. The number of benzene rings is 1. The van der Waals surface area contributed by atoms with Crippen molar-refractivity contribution < 1.29 is 22.7 Å². The first-order valence-corrected chi connectivity index (χ1v) is 7.90. The molecule has 0 bridgehead atoms. The van der Waals surface area contributed by atoms with Crippen LogP contribution in [0.25, 0.3) is 0 Å². The van der Waals surface area contributed by atoms with Crippen LogP contribution in [0.5, 0.6) is 0 Å². The van der Waals surface area contributed by atoms with Crippen LogP contribution in [0.15, 0.2) is 23.1 Å². The first-order chi connectivity index (χ1) is 9.43. The van der Waals surface area contributed by atoms with Gasteiger partial charge in [0.2, 0.25) is 10.0 Å². The first-order valence-electron chi connectivity index (χ1n) is 6.46. The SMILES string of the molecule is O=C(O)c1ccc(F)cc1S(=O)(=O)N1CCCCCC1. The minimum Gasteiger partial charge on any atom is -0.478 e. The van der Waals surface area contributed by atoms with Crippen LogP contribution in [0.3, 0.4) is 0 Å². The summed E-state index contributed by atoms with van der Waals surface area (Å²) < 4.78 is 39.6. The van der Waals surface area contributed by atoms with Crippen molar-refractivity contribution in [3.05, 3.63) is 29.6 Å². The van der Waals surface area contributed by atoms with Crippen LogP contribution in [0, 0.1) is 5.82 Å². The standard InChI is InChI=1S/C13H16FNO4S/c14-10-5-6-11(13(16)17)12(9-10)20(18,19)15-7-3-1-2-4-8-15/h5-6,9H,1-4,7-8H2,(H,16,17). The zero-order valence-electron chi connectivity index (χ0n) is 10.9. The Kier molecular flexibility index (Phi) is 4.39. The van der Waals surface area contributed by atoms with E-state index in [1.807, 2.05) is 0 Å². The average molecular weight is 301 g/mol. The summed E-state index contributed by atoms with van der Waals surface area (Å²) in [6.45, 7) is 0.690. The van der Waals surface area contributed by atoms with Crippen molar-refractivity contribution in [1.82, 2.24) is 4.31 Å². The largest absolute Gasteiger partial charge is 0.478 e. The molecule has 1 heterocycles. The predicted octanol–water partition coefficient (Wildman–Crippen LogP) is 2.09. The lowest BCUT2D eigenvalue weighted by molar-refractivity contribution is 0.0692. The smallest absolute Gasteiger partial charge is 0.337 e. The van der Waals surface area contributed by atoms with E-state index < -0.39 is 32.3 Å². The molecule has 1 N–H and O–H groups in total. The van der Waals surface area contributed by atoms with E-state index in [2.05, 4.69) is 0 Å². The molecule has 0 atom stereocenters. The van der Waals surface area contributed by atoms with Gasteiger partial charge in [-0.1, -0.05) is 12.8 Å². The second kappa shape index (κ2) is 5.88. The maximum atomic E-state index is 13.3. The van der Waals surface area contributed by atoms with Gasteiger partial charge in [0.25, 0.3) is 0 Å². The van der Waals surface area contributed by atoms with Crippen LogP contribution < -0.4 is 0 Å². The van der Waals surface area contributed by atoms with Gasteiger partial charge in [0.05, 0.1) is 10.5 Å². The van der Waals surface area contributed by atoms with Gasteiger partial charge >= 0.3 is 5.97 Å². The topological polar surface area (TPSA) is 74.7 Å². The average Bonchev–Trinajstić information content (AvgIpc) is 2.67. The molecule has 1 fully saturated rings. The fraction of sp³-hybridized carbons (Fsp3) is 0.462. The Morgan fingerprint density at radius 2 is 1.75 bits per heavy atom. The Balaban J connectivity index is 2.47. The van der Waals surface area contributed by atoms with Crippen molar-refractivity contribution in [3.8, 4) is 0 Å². The Labute approximate surface area is 117 Å². The zero-order chi connectivity index (χ0) is 14.8. The van der Waals surface area contributed by atoms with Gasteiger partial charge in [0.15, 0.2) is 0 Å². The molecule has 0 amide bonds. The third-order valence-electron chi connectivity index (χ3n) is 3.36.